The van der Waals surface area contributed by atoms with E-state index in [1.165, 1.54) is 5.56 Å². The standard InChI is InChI=1S/C11H12O2/c12-11(13)10-6-9(7-10)8-4-2-1-3-5-8/h1-5,9-10H,6-7H2,(H,12,13). The monoisotopic (exact) mass is 176 g/mol. The molecular weight excluding hydrogens is 164 g/mol. The maximum atomic E-state index is 10.6. The first-order valence-electron chi connectivity index (χ1n) is 4.55. The molecule has 0 aromatic heterocycles. The number of hydrogen-bond donors (Lipinski definition) is 1. The van der Waals surface area contributed by atoms with Gasteiger partial charge >= 0.3 is 5.97 Å². The van der Waals surface area contributed by atoms with E-state index in [0.29, 0.717) is 5.92 Å². The minimum absolute atomic E-state index is 0.106. The summed E-state index contributed by atoms with van der Waals surface area (Å²) in [5.41, 5.74) is 1.28. The molecule has 0 unspecified atom stereocenters. The first kappa shape index (κ1) is 8.30. The number of carbonyl (C=O) groups is 1. The highest BCUT2D eigenvalue weighted by molar-refractivity contribution is 5.71. The Morgan fingerprint density at radius 3 is 2.38 bits per heavy atom. The van der Waals surface area contributed by atoms with Crippen LogP contribution in [0.15, 0.2) is 30.3 Å². The van der Waals surface area contributed by atoms with Crippen molar-refractivity contribution < 1.29 is 9.90 Å². The van der Waals surface area contributed by atoms with E-state index in [2.05, 4.69) is 12.1 Å². The van der Waals surface area contributed by atoms with Gasteiger partial charge in [-0.25, -0.2) is 0 Å². The summed E-state index contributed by atoms with van der Waals surface area (Å²) in [5, 5.41) is 8.70. The van der Waals surface area contributed by atoms with Crippen LogP contribution in [0.1, 0.15) is 24.3 Å². The van der Waals surface area contributed by atoms with Crippen LogP contribution in [0.2, 0.25) is 0 Å². The zero-order chi connectivity index (χ0) is 9.26. The van der Waals surface area contributed by atoms with E-state index in [1.807, 2.05) is 18.2 Å². The predicted octanol–water partition coefficient (Wildman–Crippen LogP) is 2.26. The van der Waals surface area contributed by atoms with Crippen LogP contribution in [0.25, 0.3) is 0 Å². The van der Waals surface area contributed by atoms with Crippen molar-refractivity contribution in [2.45, 2.75) is 18.8 Å². The fraction of sp³-hybridized carbons (Fsp3) is 0.364. The first-order valence-corrected chi connectivity index (χ1v) is 4.55. The molecule has 1 aliphatic rings. The average molecular weight is 176 g/mol. The molecule has 0 spiro atoms. The quantitative estimate of drug-likeness (QED) is 0.750. The van der Waals surface area contributed by atoms with Crippen LogP contribution in [-0.4, -0.2) is 11.1 Å². The summed E-state index contributed by atoms with van der Waals surface area (Å²) in [5.74, 6) is -0.278. The lowest BCUT2D eigenvalue weighted by Crippen LogP contribution is -2.28. The Labute approximate surface area is 77.2 Å². The lowest BCUT2D eigenvalue weighted by molar-refractivity contribution is -0.145. The highest BCUT2D eigenvalue weighted by Gasteiger charge is 2.34. The van der Waals surface area contributed by atoms with Crippen LogP contribution >= 0.6 is 0 Å². The molecule has 0 heterocycles. The van der Waals surface area contributed by atoms with Gasteiger partial charge in [-0.15, -0.1) is 0 Å². The average Bonchev–Trinajstić information content (AvgIpc) is 2.02. The topological polar surface area (TPSA) is 37.3 Å². The second-order valence-corrected chi connectivity index (χ2v) is 3.61. The van der Waals surface area contributed by atoms with Crippen molar-refractivity contribution in [3.8, 4) is 0 Å². The van der Waals surface area contributed by atoms with Crippen molar-refractivity contribution >= 4 is 5.97 Å². The van der Waals surface area contributed by atoms with Gasteiger partial charge < -0.3 is 5.11 Å². The second-order valence-electron chi connectivity index (χ2n) is 3.61. The molecule has 0 aliphatic heterocycles. The van der Waals surface area contributed by atoms with Crippen molar-refractivity contribution in [1.29, 1.82) is 0 Å². The van der Waals surface area contributed by atoms with Gasteiger partial charge in [0.05, 0.1) is 5.92 Å². The summed E-state index contributed by atoms with van der Waals surface area (Å²) in [4.78, 5) is 10.6. The molecule has 0 atom stereocenters. The maximum absolute atomic E-state index is 10.6. The molecular formula is C11H12O2. The third kappa shape index (κ3) is 1.57. The van der Waals surface area contributed by atoms with Gasteiger partial charge in [0.25, 0.3) is 0 Å². The molecule has 13 heavy (non-hydrogen) atoms. The van der Waals surface area contributed by atoms with Gasteiger partial charge in [-0.05, 0) is 24.3 Å². The lowest BCUT2D eigenvalue weighted by atomic mass is 9.71. The SMILES string of the molecule is O=C(O)C1CC(c2ccccc2)C1. The molecule has 2 nitrogen and oxygen atoms in total. The van der Waals surface area contributed by atoms with Crippen LogP contribution in [0.4, 0.5) is 0 Å². The van der Waals surface area contributed by atoms with Gasteiger partial charge in [0.15, 0.2) is 0 Å². The van der Waals surface area contributed by atoms with E-state index in [-0.39, 0.29) is 5.92 Å². The zero-order valence-corrected chi connectivity index (χ0v) is 7.31. The van der Waals surface area contributed by atoms with E-state index in [9.17, 15) is 4.79 Å². The summed E-state index contributed by atoms with van der Waals surface area (Å²) in [7, 11) is 0. The van der Waals surface area contributed by atoms with E-state index >= 15 is 0 Å². The molecule has 0 amide bonds. The third-order valence-electron chi connectivity index (χ3n) is 2.76. The van der Waals surface area contributed by atoms with Crippen molar-refractivity contribution in [3.63, 3.8) is 0 Å². The zero-order valence-electron chi connectivity index (χ0n) is 7.31. The predicted molar refractivity (Wildman–Crippen MR) is 49.5 cm³/mol. The first-order chi connectivity index (χ1) is 6.27. The van der Waals surface area contributed by atoms with Crippen molar-refractivity contribution in [2.75, 3.05) is 0 Å². The van der Waals surface area contributed by atoms with E-state index in [0.717, 1.165) is 12.8 Å². The van der Waals surface area contributed by atoms with Crippen LogP contribution in [0.5, 0.6) is 0 Å². The maximum Gasteiger partial charge on any atom is 0.306 e. The highest BCUT2D eigenvalue weighted by atomic mass is 16.4. The minimum atomic E-state index is -0.646. The Kier molecular flexibility index (Phi) is 2.05. The Hall–Kier alpha value is -1.31. The number of carboxylic acids is 1. The Morgan fingerprint density at radius 2 is 1.85 bits per heavy atom. The molecule has 2 rings (SSSR count). The molecule has 1 fully saturated rings. The van der Waals surface area contributed by atoms with Crippen LogP contribution in [-0.2, 0) is 4.79 Å². The van der Waals surface area contributed by atoms with Gasteiger partial charge in [0.1, 0.15) is 0 Å². The highest BCUT2D eigenvalue weighted by Crippen LogP contribution is 2.41. The van der Waals surface area contributed by atoms with Gasteiger partial charge in [-0.1, -0.05) is 30.3 Å². The molecule has 1 aromatic carbocycles. The Balaban J connectivity index is 1.98. The normalized spacial score (nSPS) is 26.5. The van der Waals surface area contributed by atoms with E-state index in [1.54, 1.807) is 0 Å². The molecule has 1 N–H and O–H groups in total. The second kappa shape index (κ2) is 3.21. The van der Waals surface area contributed by atoms with Gasteiger partial charge in [0.2, 0.25) is 0 Å². The summed E-state index contributed by atoms with van der Waals surface area (Å²) < 4.78 is 0. The Morgan fingerprint density at radius 1 is 1.23 bits per heavy atom. The fourth-order valence-electron chi connectivity index (χ4n) is 1.82. The van der Waals surface area contributed by atoms with Crippen molar-refractivity contribution in [3.05, 3.63) is 35.9 Å². The molecule has 0 bridgehead atoms. The molecule has 1 saturated carbocycles. The molecule has 1 aliphatic carbocycles. The van der Waals surface area contributed by atoms with Crippen molar-refractivity contribution in [1.82, 2.24) is 0 Å². The largest absolute Gasteiger partial charge is 0.481 e. The smallest absolute Gasteiger partial charge is 0.306 e. The minimum Gasteiger partial charge on any atom is -0.481 e. The molecule has 0 saturated heterocycles. The van der Waals surface area contributed by atoms with E-state index in [4.69, 9.17) is 5.11 Å². The van der Waals surface area contributed by atoms with Gasteiger partial charge in [-0.2, -0.15) is 0 Å². The van der Waals surface area contributed by atoms with Gasteiger partial charge in [0, 0.05) is 0 Å². The van der Waals surface area contributed by atoms with Crippen LogP contribution < -0.4 is 0 Å². The number of carboxylic acid groups (broad SMARTS) is 1. The third-order valence-corrected chi connectivity index (χ3v) is 2.76. The number of benzene rings is 1. The molecule has 68 valence electrons. The summed E-state index contributed by atoms with van der Waals surface area (Å²) in [6.45, 7) is 0. The van der Waals surface area contributed by atoms with Crippen molar-refractivity contribution in [2.24, 2.45) is 5.92 Å². The molecule has 2 heteroatoms. The molecule has 1 aromatic rings. The molecule has 0 radical (unpaired) electrons. The van der Waals surface area contributed by atoms with E-state index < -0.39 is 5.97 Å². The lowest BCUT2D eigenvalue weighted by Gasteiger charge is -2.32. The number of aliphatic carboxylic acids is 1. The Bertz CT molecular complexity index is 299. The number of rotatable bonds is 2. The summed E-state index contributed by atoms with van der Waals surface area (Å²) in [6.07, 6.45) is 1.61. The van der Waals surface area contributed by atoms with Crippen LogP contribution in [0, 0.1) is 5.92 Å². The fourth-order valence-corrected chi connectivity index (χ4v) is 1.82. The summed E-state index contributed by atoms with van der Waals surface area (Å²) >= 11 is 0. The number of hydrogen-bond acceptors (Lipinski definition) is 1. The van der Waals surface area contributed by atoms with Crippen LogP contribution in [0.3, 0.4) is 0 Å². The summed E-state index contributed by atoms with van der Waals surface area (Å²) in [6, 6.07) is 10.1. The van der Waals surface area contributed by atoms with Gasteiger partial charge in [-0.3, -0.25) is 4.79 Å².